The minimum atomic E-state index is 0.103. The highest BCUT2D eigenvalue weighted by molar-refractivity contribution is 5.96. The third-order valence-corrected chi connectivity index (χ3v) is 4.77. The zero-order chi connectivity index (χ0) is 15.1. The lowest BCUT2D eigenvalue weighted by molar-refractivity contribution is -0.0870. The Labute approximate surface area is 125 Å². The van der Waals surface area contributed by atoms with E-state index in [4.69, 9.17) is 4.74 Å². The van der Waals surface area contributed by atoms with Crippen LogP contribution in [0.2, 0.25) is 0 Å². The van der Waals surface area contributed by atoms with Crippen LogP contribution in [0.25, 0.3) is 0 Å². The molecule has 0 aromatic carbocycles. The van der Waals surface area contributed by atoms with E-state index in [1.165, 1.54) is 0 Å². The summed E-state index contributed by atoms with van der Waals surface area (Å²) in [7, 11) is 3.99. The molecule has 0 radical (unpaired) electrons. The maximum Gasteiger partial charge on any atom is 0.258 e. The number of rotatable bonds is 1. The minimum absolute atomic E-state index is 0.103. The van der Waals surface area contributed by atoms with Crippen LogP contribution in [0.4, 0.5) is 0 Å². The fourth-order valence-electron chi connectivity index (χ4n) is 3.51. The molecule has 2 fully saturated rings. The molecule has 0 bridgehead atoms. The van der Waals surface area contributed by atoms with Crippen molar-refractivity contribution in [1.82, 2.24) is 19.6 Å². The van der Waals surface area contributed by atoms with Crippen molar-refractivity contribution in [2.24, 2.45) is 7.05 Å². The first-order valence-electron chi connectivity index (χ1n) is 7.60. The van der Waals surface area contributed by atoms with Gasteiger partial charge in [-0.15, -0.1) is 0 Å². The van der Waals surface area contributed by atoms with Gasteiger partial charge in [0.2, 0.25) is 0 Å². The lowest BCUT2D eigenvalue weighted by Gasteiger charge is -2.46. The second-order valence-corrected chi connectivity index (χ2v) is 6.20. The summed E-state index contributed by atoms with van der Waals surface area (Å²) >= 11 is 0. The molecule has 2 aliphatic heterocycles. The molecule has 116 valence electrons. The number of nitrogens with zero attached hydrogens (tertiary/aromatic N) is 4. The second-order valence-electron chi connectivity index (χ2n) is 6.20. The summed E-state index contributed by atoms with van der Waals surface area (Å²) in [6, 6.07) is 0.156. The van der Waals surface area contributed by atoms with Crippen LogP contribution in [-0.2, 0) is 11.8 Å². The van der Waals surface area contributed by atoms with Crippen molar-refractivity contribution in [3.05, 3.63) is 17.0 Å². The Hall–Kier alpha value is -1.40. The molecule has 2 aliphatic rings. The summed E-state index contributed by atoms with van der Waals surface area (Å²) < 4.78 is 7.66. The molecule has 1 amide bonds. The van der Waals surface area contributed by atoms with Gasteiger partial charge in [-0.05, 0) is 27.3 Å². The Kier molecular flexibility index (Phi) is 3.75. The average molecular weight is 292 g/mol. The van der Waals surface area contributed by atoms with E-state index in [0.29, 0.717) is 13.2 Å². The van der Waals surface area contributed by atoms with E-state index in [-0.39, 0.29) is 18.1 Å². The third-order valence-electron chi connectivity index (χ3n) is 4.77. The number of carbonyl (C=O) groups is 1. The maximum atomic E-state index is 13.0. The second kappa shape index (κ2) is 5.42. The van der Waals surface area contributed by atoms with Crippen LogP contribution in [0.5, 0.6) is 0 Å². The first kappa shape index (κ1) is 14.5. The number of aromatic nitrogens is 2. The van der Waals surface area contributed by atoms with Crippen LogP contribution < -0.4 is 0 Å². The monoisotopic (exact) mass is 292 g/mol. The van der Waals surface area contributed by atoms with Crippen molar-refractivity contribution in [2.75, 3.05) is 33.3 Å². The summed E-state index contributed by atoms with van der Waals surface area (Å²) in [6.45, 7) is 7.09. The van der Waals surface area contributed by atoms with E-state index in [1.54, 1.807) is 4.68 Å². The van der Waals surface area contributed by atoms with E-state index >= 15 is 0 Å². The van der Waals surface area contributed by atoms with Crippen LogP contribution in [0.15, 0.2) is 0 Å². The van der Waals surface area contributed by atoms with E-state index in [2.05, 4.69) is 17.0 Å². The number of likely N-dealkylation sites (tertiary alicyclic amines) is 1. The summed E-state index contributed by atoms with van der Waals surface area (Å²) in [4.78, 5) is 17.3. The van der Waals surface area contributed by atoms with Gasteiger partial charge in [-0.2, -0.15) is 5.10 Å². The van der Waals surface area contributed by atoms with Gasteiger partial charge in [0.05, 0.1) is 30.0 Å². The molecular weight excluding hydrogens is 268 g/mol. The normalized spacial score (nSPS) is 26.8. The topological polar surface area (TPSA) is 50.6 Å². The van der Waals surface area contributed by atoms with Gasteiger partial charge in [-0.1, -0.05) is 0 Å². The first-order valence-corrected chi connectivity index (χ1v) is 7.60. The van der Waals surface area contributed by atoms with Gasteiger partial charge in [0.15, 0.2) is 0 Å². The van der Waals surface area contributed by atoms with Gasteiger partial charge in [-0.3, -0.25) is 9.48 Å². The Morgan fingerprint density at radius 3 is 2.71 bits per heavy atom. The van der Waals surface area contributed by atoms with Crippen molar-refractivity contribution in [3.8, 4) is 0 Å². The number of aryl methyl sites for hydroxylation is 2. The van der Waals surface area contributed by atoms with Crippen molar-refractivity contribution in [2.45, 2.75) is 32.4 Å². The zero-order valence-electron chi connectivity index (χ0n) is 13.3. The molecule has 2 atom stereocenters. The molecule has 1 aromatic rings. The van der Waals surface area contributed by atoms with Gasteiger partial charge in [0.25, 0.3) is 5.91 Å². The highest BCUT2D eigenvalue weighted by Gasteiger charge is 2.39. The number of ether oxygens (including phenoxy) is 1. The smallest absolute Gasteiger partial charge is 0.258 e. The molecule has 0 N–H and O–H groups in total. The number of hydrogen-bond donors (Lipinski definition) is 0. The van der Waals surface area contributed by atoms with E-state index in [9.17, 15) is 4.79 Å². The van der Waals surface area contributed by atoms with Crippen LogP contribution in [0, 0.1) is 13.8 Å². The minimum Gasteiger partial charge on any atom is -0.374 e. The van der Waals surface area contributed by atoms with Crippen LogP contribution in [0.1, 0.15) is 28.2 Å². The Morgan fingerprint density at radius 2 is 2.05 bits per heavy atom. The molecule has 6 nitrogen and oxygen atoms in total. The highest BCUT2D eigenvalue weighted by atomic mass is 16.5. The molecular formula is C15H24N4O2. The summed E-state index contributed by atoms with van der Waals surface area (Å²) in [5, 5.41) is 4.37. The van der Waals surface area contributed by atoms with Crippen molar-refractivity contribution in [3.63, 3.8) is 0 Å². The number of morpholine rings is 1. The largest absolute Gasteiger partial charge is 0.374 e. The summed E-state index contributed by atoms with van der Waals surface area (Å²) in [6.07, 6.45) is 1.17. The molecule has 21 heavy (non-hydrogen) atoms. The fraction of sp³-hybridized carbons (Fsp3) is 0.733. The van der Waals surface area contributed by atoms with Crippen molar-refractivity contribution in [1.29, 1.82) is 0 Å². The SMILES string of the molecule is Cc1nn(C)c(C)c1C(=O)N1CCO[C@@H]2CCN(C)C[C@@H]21. The number of amides is 1. The lowest BCUT2D eigenvalue weighted by atomic mass is 9.98. The summed E-state index contributed by atoms with van der Waals surface area (Å²) in [5.74, 6) is 0.103. The number of carbonyl (C=O) groups excluding carboxylic acids is 1. The zero-order valence-corrected chi connectivity index (χ0v) is 13.3. The van der Waals surface area contributed by atoms with Crippen molar-refractivity contribution < 1.29 is 9.53 Å². The number of hydrogen-bond acceptors (Lipinski definition) is 4. The van der Waals surface area contributed by atoms with Gasteiger partial charge in [0, 0.05) is 32.4 Å². The predicted octanol–water partition coefficient (Wildman–Crippen LogP) is 0.582. The first-order chi connectivity index (χ1) is 9.99. The molecule has 0 aliphatic carbocycles. The standard InChI is InChI=1S/C15H24N4O2/c1-10-14(11(2)18(4)16-10)15(20)19-7-8-21-13-5-6-17(3)9-12(13)19/h12-13H,5-9H2,1-4H3/t12-,13+/m0/s1. The van der Waals surface area contributed by atoms with Crippen LogP contribution >= 0.6 is 0 Å². The van der Waals surface area contributed by atoms with Gasteiger partial charge in [-0.25, -0.2) is 0 Å². The van der Waals surface area contributed by atoms with Crippen LogP contribution in [-0.4, -0.2) is 70.9 Å². The number of likely N-dealkylation sites (N-methyl/N-ethyl adjacent to an activating group) is 1. The van der Waals surface area contributed by atoms with E-state index in [1.807, 2.05) is 25.8 Å². The van der Waals surface area contributed by atoms with Crippen LogP contribution in [0.3, 0.4) is 0 Å². The third kappa shape index (κ3) is 2.46. The maximum absolute atomic E-state index is 13.0. The van der Waals surface area contributed by atoms with Gasteiger partial charge in [0.1, 0.15) is 0 Å². The molecule has 0 spiro atoms. The highest BCUT2D eigenvalue weighted by Crippen LogP contribution is 2.25. The molecule has 6 heteroatoms. The molecule has 0 saturated carbocycles. The summed E-state index contributed by atoms with van der Waals surface area (Å²) in [5.41, 5.74) is 2.50. The molecule has 3 heterocycles. The quantitative estimate of drug-likeness (QED) is 0.760. The number of fused-ring (bicyclic) bond motifs is 1. The molecule has 2 saturated heterocycles. The Balaban J connectivity index is 1.89. The Morgan fingerprint density at radius 1 is 1.29 bits per heavy atom. The van der Waals surface area contributed by atoms with Gasteiger partial charge < -0.3 is 14.5 Å². The lowest BCUT2D eigenvalue weighted by Crippen LogP contribution is -2.60. The van der Waals surface area contributed by atoms with E-state index < -0.39 is 0 Å². The Bertz CT molecular complexity index is 554. The average Bonchev–Trinajstić information content (AvgIpc) is 2.71. The predicted molar refractivity (Wildman–Crippen MR) is 79.4 cm³/mol. The fourth-order valence-corrected chi connectivity index (χ4v) is 3.51. The van der Waals surface area contributed by atoms with E-state index in [0.717, 1.165) is 36.5 Å². The molecule has 1 aromatic heterocycles. The van der Waals surface area contributed by atoms with Crippen molar-refractivity contribution >= 4 is 5.91 Å². The number of piperidine rings is 1. The van der Waals surface area contributed by atoms with Gasteiger partial charge >= 0.3 is 0 Å². The molecule has 0 unspecified atom stereocenters. The molecule has 3 rings (SSSR count).